The molecule has 0 aliphatic rings. The maximum atomic E-state index is 4.37. The van der Waals surface area contributed by atoms with Crippen LogP contribution in [0.1, 0.15) is 20.8 Å². The second-order valence-corrected chi connectivity index (χ2v) is 4.40. The van der Waals surface area contributed by atoms with E-state index in [1.54, 1.807) is 0 Å². The third-order valence-corrected chi connectivity index (χ3v) is 3.00. The number of likely N-dealkylation sites (N-methyl/N-ethyl adjacent to an activating group) is 2. The van der Waals surface area contributed by atoms with Crippen LogP contribution < -0.4 is 16.0 Å². The van der Waals surface area contributed by atoms with Gasteiger partial charge in [-0.05, 0) is 27.4 Å². The third-order valence-electron chi connectivity index (χ3n) is 2.30. The Morgan fingerprint density at radius 1 is 1.43 bits per heavy atom. The Kier molecular flexibility index (Phi) is 7.64. The average molecular weight is 219 g/mol. The largest absolute Gasteiger partial charge is 0.318 e. The van der Waals surface area contributed by atoms with Crippen LogP contribution in [-0.2, 0) is 0 Å². The van der Waals surface area contributed by atoms with Gasteiger partial charge in [-0.2, -0.15) is 12.6 Å². The molecule has 0 aromatic carbocycles. The zero-order chi connectivity index (χ0) is 11.0. The average Bonchev–Trinajstić information content (AvgIpc) is 2.16. The molecule has 0 amide bonds. The second kappa shape index (κ2) is 7.51. The van der Waals surface area contributed by atoms with Gasteiger partial charge in [-0.1, -0.05) is 6.92 Å². The molecule has 3 nitrogen and oxygen atoms in total. The molecule has 0 saturated heterocycles. The Labute approximate surface area is 93.8 Å². The Bertz CT molecular complexity index is 143. The minimum absolute atomic E-state index is 0.0971. The summed E-state index contributed by atoms with van der Waals surface area (Å²) in [6.45, 7) is 9.43. The van der Waals surface area contributed by atoms with Gasteiger partial charge >= 0.3 is 0 Å². The molecule has 0 fully saturated rings. The molecule has 4 heteroatoms. The van der Waals surface area contributed by atoms with Crippen LogP contribution in [0.3, 0.4) is 0 Å². The zero-order valence-corrected chi connectivity index (χ0v) is 10.7. The lowest BCUT2D eigenvalue weighted by atomic mass is 10.1. The minimum Gasteiger partial charge on any atom is -0.318 e. The second-order valence-electron chi connectivity index (χ2n) is 4.09. The predicted octanol–water partition coefficient (Wildman–Crippen LogP) is 0.482. The monoisotopic (exact) mass is 219 g/mol. The normalized spacial score (nSPS) is 17.8. The number of nitrogens with one attached hydrogen (secondary N) is 3. The molecule has 2 atom stereocenters. The number of hydrogen-bond donors (Lipinski definition) is 4. The van der Waals surface area contributed by atoms with Gasteiger partial charge in [0.25, 0.3) is 0 Å². The highest BCUT2D eigenvalue weighted by molar-refractivity contribution is 7.80. The van der Waals surface area contributed by atoms with Crippen LogP contribution >= 0.6 is 12.6 Å². The molecule has 0 heterocycles. The molecule has 3 N–H and O–H groups in total. The fraction of sp³-hybridized carbons (Fsp3) is 1.00. The fourth-order valence-corrected chi connectivity index (χ4v) is 1.60. The van der Waals surface area contributed by atoms with E-state index in [4.69, 9.17) is 0 Å². The van der Waals surface area contributed by atoms with Crippen LogP contribution in [0, 0.1) is 0 Å². The van der Waals surface area contributed by atoms with Crippen molar-refractivity contribution < 1.29 is 0 Å². The highest BCUT2D eigenvalue weighted by atomic mass is 32.1. The van der Waals surface area contributed by atoms with Crippen molar-refractivity contribution >= 4 is 12.6 Å². The lowest BCUT2D eigenvalue weighted by Crippen LogP contribution is -2.54. The molecule has 1 unspecified atom stereocenters. The third kappa shape index (κ3) is 5.86. The molecule has 0 bridgehead atoms. The van der Waals surface area contributed by atoms with Crippen molar-refractivity contribution in [1.82, 2.24) is 16.0 Å². The van der Waals surface area contributed by atoms with Gasteiger partial charge in [-0.3, -0.25) is 0 Å². The first kappa shape index (κ1) is 14.2. The lowest BCUT2D eigenvalue weighted by molar-refractivity contribution is 0.359. The zero-order valence-electron chi connectivity index (χ0n) is 9.85. The molecular weight excluding hydrogens is 194 g/mol. The van der Waals surface area contributed by atoms with Crippen molar-refractivity contribution in [3.8, 4) is 0 Å². The highest BCUT2D eigenvalue weighted by Crippen LogP contribution is 2.04. The van der Waals surface area contributed by atoms with Crippen LogP contribution in [-0.4, -0.2) is 44.0 Å². The first-order chi connectivity index (χ1) is 6.58. The van der Waals surface area contributed by atoms with Crippen molar-refractivity contribution in [2.45, 2.75) is 32.4 Å². The van der Waals surface area contributed by atoms with E-state index in [9.17, 15) is 0 Å². The summed E-state index contributed by atoms with van der Waals surface area (Å²) in [5.74, 6) is 0.847. The number of thiol groups is 1. The lowest BCUT2D eigenvalue weighted by Gasteiger charge is -2.30. The van der Waals surface area contributed by atoms with E-state index in [1.807, 2.05) is 7.05 Å². The molecule has 0 spiro atoms. The van der Waals surface area contributed by atoms with Gasteiger partial charge in [0.1, 0.15) is 0 Å². The standard InChI is InChI=1S/C10H25N3S/c1-5-13-10(3,8-14)7-12-9(2)6-11-4/h9,11-14H,5-8H2,1-4H3/t9?,10-/m1/s1. The Hall–Kier alpha value is 0.230. The van der Waals surface area contributed by atoms with E-state index in [2.05, 4.69) is 49.4 Å². The van der Waals surface area contributed by atoms with E-state index in [1.165, 1.54) is 0 Å². The van der Waals surface area contributed by atoms with Crippen LogP contribution in [0.2, 0.25) is 0 Å². The summed E-state index contributed by atoms with van der Waals surface area (Å²) in [5.41, 5.74) is 0.0971. The molecule has 0 rings (SSSR count). The van der Waals surface area contributed by atoms with E-state index in [0.717, 1.165) is 25.4 Å². The summed E-state index contributed by atoms with van der Waals surface area (Å²) in [4.78, 5) is 0. The molecule has 0 aromatic heterocycles. The maximum absolute atomic E-state index is 4.37. The van der Waals surface area contributed by atoms with Crippen LogP contribution in [0.4, 0.5) is 0 Å². The van der Waals surface area contributed by atoms with Gasteiger partial charge < -0.3 is 16.0 Å². The van der Waals surface area contributed by atoms with Gasteiger partial charge in [0, 0.05) is 30.4 Å². The van der Waals surface area contributed by atoms with Gasteiger partial charge in [-0.15, -0.1) is 0 Å². The number of hydrogen-bond acceptors (Lipinski definition) is 4. The first-order valence-corrected chi connectivity index (χ1v) is 5.95. The Morgan fingerprint density at radius 3 is 2.50 bits per heavy atom. The van der Waals surface area contributed by atoms with Crippen LogP contribution in [0.15, 0.2) is 0 Å². The van der Waals surface area contributed by atoms with Gasteiger partial charge in [0.15, 0.2) is 0 Å². The summed E-state index contributed by atoms with van der Waals surface area (Å²) in [6.07, 6.45) is 0. The molecule has 0 aromatic rings. The van der Waals surface area contributed by atoms with E-state index in [0.29, 0.717) is 6.04 Å². The Balaban J connectivity index is 3.81. The molecular formula is C10H25N3S. The topological polar surface area (TPSA) is 36.1 Å². The summed E-state index contributed by atoms with van der Waals surface area (Å²) in [7, 11) is 1.97. The van der Waals surface area contributed by atoms with E-state index >= 15 is 0 Å². The van der Waals surface area contributed by atoms with E-state index in [-0.39, 0.29) is 5.54 Å². The summed E-state index contributed by atoms with van der Waals surface area (Å²) < 4.78 is 0. The summed E-state index contributed by atoms with van der Waals surface area (Å²) >= 11 is 4.37. The molecule has 86 valence electrons. The quantitative estimate of drug-likeness (QED) is 0.449. The van der Waals surface area contributed by atoms with E-state index < -0.39 is 0 Å². The minimum atomic E-state index is 0.0971. The Morgan fingerprint density at radius 2 is 2.07 bits per heavy atom. The van der Waals surface area contributed by atoms with Crippen molar-refractivity contribution in [2.24, 2.45) is 0 Å². The van der Waals surface area contributed by atoms with Gasteiger partial charge in [0.2, 0.25) is 0 Å². The summed E-state index contributed by atoms with van der Waals surface area (Å²) in [6, 6.07) is 0.498. The van der Waals surface area contributed by atoms with Crippen molar-refractivity contribution in [3.05, 3.63) is 0 Å². The first-order valence-electron chi connectivity index (χ1n) is 5.32. The van der Waals surface area contributed by atoms with Gasteiger partial charge in [0.05, 0.1) is 0 Å². The molecule has 0 radical (unpaired) electrons. The van der Waals surface area contributed by atoms with Crippen molar-refractivity contribution in [2.75, 3.05) is 32.4 Å². The molecule has 0 aliphatic heterocycles. The van der Waals surface area contributed by atoms with Crippen LogP contribution in [0.25, 0.3) is 0 Å². The SMILES string of the molecule is CCN[C@@](C)(CS)CNC(C)CNC. The smallest absolute Gasteiger partial charge is 0.0366 e. The van der Waals surface area contributed by atoms with Crippen molar-refractivity contribution in [3.63, 3.8) is 0 Å². The number of rotatable bonds is 8. The van der Waals surface area contributed by atoms with Crippen LogP contribution in [0.5, 0.6) is 0 Å². The maximum Gasteiger partial charge on any atom is 0.0366 e. The van der Waals surface area contributed by atoms with Crippen molar-refractivity contribution in [1.29, 1.82) is 0 Å². The molecule has 0 aliphatic carbocycles. The van der Waals surface area contributed by atoms with Gasteiger partial charge in [-0.25, -0.2) is 0 Å². The molecule has 14 heavy (non-hydrogen) atoms. The molecule has 0 saturated carbocycles. The predicted molar refractivity (Wildman–Crippen MR) is 67.3 cm³/mol. The summed E-state index contributed by atoms with van der Waals surface area (Å²) in [5, 5.41) is 10.1. The fourth-order valence-electron chi connectivity index (χ4n) is 1.38. The highest BCUT2D eigenvalue weighted by Gasteiger charge is 2.20.